The molecular formula is C16H16FNO2. The molecule has 2 rings (SSSR count). The predicted octanol–water partition coefficient (Wildman–Crippen LogP) is 4.09. The summed E-state index contributed by atoms with van der Waals surface area (Å²) in [4.78, 5) is 10.9. The van der Waals surface area contributed by atoms with Crippen LogP contribution < -0.4 is 5.32 Å². The van der Waals surface area contributed by atoms with E-state index in [-0.39, 0.29) is 17.4 Å². The zero-order valence-electron chi connectivity index (χ0n) is 11.1. The summed E-state index contributed by atoms with van der Waals surface area (Å²) < 4.78 is 12.9. The standard InChI is InChI=1S/C16H16FNO2/c1-2-15(11-6-8-13(17)9-7-11)18-14-5-3-4-12(10-14)16(19)20/h3-10,15,18H,2H2,1H3,(H,19,20). The first-order valence-electron chi connectivity index (χ1n) is 6.45. The fourth-order valence-corrected chi connectivity index (χ4v) is 2.06. The minimum Gasteiger partial charge on any atom is -0.478 e. The molecule has 20 heavy (non-hydrogen) atoms. The molecule has 1 unspecified atom stereocenters. The van der Waals surface area contributed by atoms with Crippen molar-refractivity contribution in [3.05, 3.63) is 65.5 Å². The lowest BCUT2D eigenvalue weighted by atomic mass is 10.0. The lowest BCUT2D eigenvalue weighted by Crippen LogP contribution is -2.10. The highest BCUT2D eigenvalue weighted by molar-refractivity contribution is 5.88. The van der Waals surface area contributed by atoms with Crippen LogP contribution in [-0.2, 0) is 0 Å². The third kappa shape index (κ3) is 3.35. The average molecular weight is 273 g/mol. The van der Waals surface area contributed by atoms with E-state index in [2.05, 4.69) is 5.32 Å². The van der Waals surface area contributed by atoms with Gasteiger partial charge in [-0.2, -0.15) is 0 Å². The van der Waals surface area contributed by atoms with Gasteiger partial charge in [0.2, 0.25) is 0 Å². The number of nitrogens with one attached hydrogen (secondary N) is 1. The number of hydrogen-bond donors (Lipinski definition) is 2. The maximum Gasteiger partial charge on any atom is 0.335 e. The van der Waals surface area contributed by atoms with Gasteiger partial charge in [-0.05, 0) is 42.3 Å². The molecular weight excluding hydrogens is 257 g/mol. The molecule has 0 aliphatic rings. The number of rotatable bonds is 5. The average Bonchev–Trinajstić information content (AvgIpc) is 2.46. The third-order valence-electron chi connectivity index (χ3n) is 3.13. The molecule has 0 saturated heterocycles. The summed E-state index contributed by atoms with van der Waals surface area (Å²) in [5.74, 6) is -1.22. The van der Waals surface area contributed by atoms with Gasteiger partial charge >= 0.3 is 5.97 Å². The molecule has 0 aromatic heterocycles. The second-order valence-corrected chi connectivity index (χ2v) is 4.54. The van der Waals surface area contributed by atoms with Crippen molar-refractivity contribution in [1.82, 2.24) is 0 Å². The molecule has 2 aromatic rings. The summed E-state index contributed by atoms with van der Waals surface area (Å²) in [7, 11) is 0. The van der Waals surface area contributed by atoms with E-state index in [1.165, 1.54) is 12.1 Å². The molecule has 104 valence electrons. The first kappa shape index (κ1) is 14.1. The molecule has 3 nitrogen and oxygen atoms in total. The van der Waals surface area contributed by atoms with Crippen molar-refractivity contribution < 1.29 is 14.3 Å². The van der Waals surface area contributed by atoms with Crippen molar-refractivity contribution in [2.45, 2.75) is 19.4 Å². The van der Waals surface area contributed by atoms with Crippen LogP contribution >= 0.6 is 0 Å². The van der Waals surface area contributed by atoms with Gasteiger partial charge in [0, 0.05) is 5.69 Å². The van der Waals surface area contributed by atoms with Crippen molar-refractivity contribution in [2.75, 3.05) is 5.32 Å². The third-order valence-corrected chi connectivity index (χ3v) is 3.13. The molecule has 0 fully saturated rings. The highest BCUT2D eigenvalue weighted by Gasteiger charge is 2.10. The van der Waals surface area contributed by atoms with Gasteiger partial charge in [0.15, 0.2) is 0 Å². The quantitative estimate of drug-likeness (QED) is 0.862. The molecule has 0 saturated carbocycles. The number of carboxylic acid groups (broad SMARTS) is 1. The Morgan fingerprint density at radius 1 is 1.25 bits per heavy atom. The van der Waals surface area contributed by atoms with Crippen molar-refractivity contribution in [3.63, 3.8) is 0 Å². The zero-order chi connectivity index (χ0) is 14.5. The Morgan fingerprint density at radius 3 is 2.55 bits per heavy atom. The monoisotopic (exact) mass is 273 g/mol. The minimum absolute atomic E-state index is 0.0136. The van der Waals surface area contributed by atoms with Gasteiger partial charge in [0.05, 0.1) is 11.6 Å². The molecule has 1 atom stereocenters. The van der Waals surface area contributed by atoms with Crippen LogP contribution in [0.3, 0.4) is 0 Å². The van der Waals surface area contributed by atoms with Gasteiger partial charge in [-0.3, -0.25) is 0 Å². The van der Waals surface area contributed by atoms with Gasteiger partial charge < -0.3 is 10.4 Å². The number of halogens is 1. The topological polar surface area (TPSA) is 49.3 Å². The first-order chi connectivity index (χ1) is 9.60. The molecule has 0 aliphatic heterocycles. The molecule has 4 heteroatoms. The number of hydrogen-bond acceptors (Lipinski definition) is 2. The number of anilines is 1. The number of benzene rings is 2. The smallest absolute Gasteiger partial charge is 0.335 e. The van der Waals surface area contributed by atoms with E-state index >= 15 is 0 Å². The van der Waals surface area contributed by atoms with Crippen LogP contribution in [0.25, 0.3) is 0 Å². The lowest BCUT2D eigenvalue weighted by Gasteiger charge is -2.19. The molecule has 0 bridgehead atoms. The summed E-state index contributed by atoms with van der Waals surface area (Å²) in [6.07, 6.45) is 0.808. The van der Waals surface area contributed by atoms with Crippen molar-refractivity contribution in [2.24, 2.45) is 0 Å². The fraction of sp³-hybridized carbons (Fsp3) is 0.188. The molecule has 0 aliphatic carbocycles. The van der Waals surface area contributed by atoms with Gasteiger partial charge in [-0.15, -0.1) is 0 Å². The Labute approximate surface area is 117 Å². The Morgan fingerprint density at radius 2 is 1.95 bits per heavy atom. The molecule has 0 spiro atoms. The minimum atomic E-state index is -0.955. The normalized spacial score (nSPS) is 11.9. The molecule has 0 heterocycles. The van der Waals surface area contributed by atoms with Gasteiger partial charge in [0.1, 0.15) is 5.82 Å². The van der Waals surface area contributed by atoms with Crippen LogP contribution in [0.2, 0.25) is 0 Å². The summed E-state index contributed by atoms with van der Waals surface area (Å²) in [6.45, 7) is 2.02. The predicted molar refractivity (Wildman–Crippen MR) is 76.5 cm³/mol. The summed E-state index contributed by atoms with van der Waals surface area (Å²) >= 11 is 0. The van der Waals surface area contributed by atoms with Crippen LogP contribution in [-0.4, -0.2) is 11.1 Å². The largest absolute Gasteiger partial charge is 0.478 e. The number of carbonyl (C=O) groups is 1. The van der Waals surface area contributed by atoms with Crippen LogP contribution in [0.5, 0.6) is 0 Å². The zero-order valence-corrected chi connectivity index (χ0v) is 11.1. The Balaban J connectivity index is 2.19. The second-order valence-electron chi connectivity index (χ2n) is 4.54. The molecule has 0 amide bonds. The van der Waals surface area contributed by atoms with Crippen LogP contribution in [0, 0.1) is 5.82 Å². The fourth-order valence-electron chi connectivity index (χ4n) is 2.06. The lowest BCUT2D eigenvalue weighted by molar-refractivity contribution is 0.0697. The maximum absolute atomic E-state index is 12.9. The second kappa shape index (κ2) is 6.19. The van der Waals surface area contributed by atoms with E-state index in [0.717, 1.165) is 17.7 Å². The van der Waals surface area contributed by atoms with Gasteiger partial charge in [-0.25, -0.2) is 9.18 Å². The Kier molecular flexibility index (Phi) is 4.35. The van der Waals surface area contributed by atoms with Crippen molar-refractivity contribution >= 4 is 11.7 Å². The SMILES string of the molecule is CCC(Nc1cccc(C(=O)O)c1)c1ccc(F)cc1. The van der Waals surface area contributed by atoms with Crippen molar-refractivity contribution in [3.8, 4) is 0 Å². The maximum atomic E-state index is 12.9. The molecule has 2 N–H and O–H groups in total. The van der Waals surface area contributed by atoms with E-state index in [4.69, 9.17) is 5.11 Å². The highest BCUT2D eigenvalue weighted by Crippen LogP contribution is 2.23. The number of aromatic carboxylic acids is 1. The number of carboxylic acids is 1. The Bertz CT molecular complexity index is 596. The van der Waals surface area contributed by atoms with Gasteiger partial charge in [0.25, 0.3) is 0 Å². The van der Waals surface area contributed by atoms with E-state index in [9.17, 15) is 9.18 Å². The van der Waals surface area contributed by atoms with E-state index < -0.39 is 5.97 Å². The van der Waals surface area contributed by atoms with Crippen molar-refractivity contribution in [1.29, 1.82) is 0 Å². The molecule has 2 aromatic carbocycles. The summed E-state index contributed by atoms with van der Waals surface area (Å²) in [5, 5.41) is 12.3. The van der Waals surface area contributed by atoms with E-state index in [1.54, 1.807) is 30.3 Å². The van der Waals surface area contributed by atoms with E-state index in [1.807, 2.05) is 13.0 Å². The van der Waals surface area contributed by atoms with Crippen LogP contribution in [0.15, 0.2) is 48.5 Å². The van der Waals surface area contributed by atoms with Crippen LogP contribution in [0.4, 0.5) is 10.1 Å². The summed E-state index contributed by atoms with van der Waals surface area (Å²) in [6, 6.07) is 13.0. The Hall–Kier alpha value is -2.36. The van der Waals surface area contributed by atoms with E-state index in [0.29, 0.717) is 0 Å². The summed E-state index contributed by atoms with van der Waals surface area (Å²) in [5.41, 5.74) is 1.94. The van der Waals surface area contributed by atoms with Crippen LogP contribution in [0.1, 0.15) is 35.3 Å². The molecule has 0 radical (unpaired) electrons. The van der Waals surface area contributed by atoms with Gasteiger partial charge in [-0.1, -0.05) is 25.1 Å². The first-order valence-corrected chi connectivity index (χ1v) is 6.45. The highest BCUT2D eigenvalue weighted by atomic mass is 19.1.